The lowest BCUT2D eigenvalue weighted by molar-refractivity contribution is 0.112. The number of allylic oxidation sites excluding steroid dienone is 4. The number of rotatable bonds is 4. The molecule has 3 aliphatic carbocycles. The fraction of sp³-hybridized carbons (Fsp3) is 0.667. The summed E-state index contributed by atoms with van der Waals surface area (Å²) in [6, 6.07) is 0. The van der Waals surface area contributed by atoms with Crippen LogP contribution in [0.3, 0.4) is 0 Å². The van der Waals surface area contributed by atoms with Crippen molar-refractivity contribution < 1.29 is 15.3 Å². The number of aliphatic hydroxyl groups excluding tert-OH is 3. The van der Waals surface area contributed by atoms with Gasteiger partial charge in [-0.05, 0) is 73.7 Å². The zero-order valence-corrected chi connectivity index (χ0v) is 16.9. The standard InChI is InChI=1S/C24H36O3/c1-16(6-5-13-25)20-10-11-21-19(7-4-12-24(20,21)3)9-8-18-14-22(26)17(2)23(27)15-18/h5-6,8-9,16,20-23,25-27H,2,4,7,10-15H2,1,3H3/b6-5+,19-9+/t16-,20-,21+,22-,23-,24-/m1/s1. The lowest BCUT2D eigenvalue weighted by Gasteiger charge is -2.44. The normalized spacial score (nSPS) is 39.8. The molecule has 3 heteroatoms. The molecular weight excluding hydrogens is 336 g/mol. The van der Waals surface area contributed by atoms with E-state index in [9.17, 15) is 10.2 Å². The van der Waals surface area contributed by atoms with Crippen LogP contribution in [0.5, 0.6) is 0 Å². The second kappa shape index (κ2) is 8.46. The van der Waals surface area contributed by atoms with E-state index in [0.29, 0.717) is 41.6 Å². The molecule has 0 bridgehead atoms. The van der Waals surface area contributed by atoms with Crippen molar-refractivity contribution in [1.82, 2.24) is 0 Å². The lowest BCUT2D eigenvalue weighted by atomic mass is 9.61. The Kier molecular flexibility index (Phi) is 6.45. The van der Waals surface area contributed by atoms with Crippen molar-refractivity contribution in [2.75, 3.05) is 6.61 Å². The Morgan fingerprint density at radius 1 is 1.19 bits per heavy atom. The van der Waals surface area contributed by atoms with Gasteiger partial charge in [0.2, 0.25) is 0 Å². The lowest BCUT2D eigenvalue weighted by Crippen LogP contribution is -2.35. The Morgan fingerprint density at radius 3 is 2.56 bits per heavy atom. The van der Waals surface area contributed by atoms with Crippen molar-refractivity contribution in [3.05, 3.63) is 47.6 Å². The summed E-state index contributed by atoms with van der Waals surface area (Å²) in [5.41, 5.74) is 3.55. The largest absolute Gasteiger partial charge is 0.392 e. The van der Waals surface area contributed by atoms with Crippen LogP contribution < -0.4 is 0 Å². The Balaban J connectivity index is 1.76. The molecule has 27 heavy (non-hydrogen) atoms. The minimum atomic E-state index is -0.620. The van der Waals surface area contributed by atoms with Crippen LogP contribution in [-0.4, -0.2) is 34.1 Å². The molecule has 0 aliphatic heterocycles. The van der Waals surface area contributed by atoms with Crippen LogP contribution in [-0.2, 0) is 0 Å². The van der Waals surface area contributed by atoms with Gasteiger partial charge in [-0.3, -0.25) is 0 Å². The SMILES string of the molecule is C=C1[C@H](O)CC(=C/C=C2\CCC[C@]3(C)[C@@H]([C@H](C)/C=C/CO)CC[C@@H]23)C[C@H]1O. The van der Waals surface area contributed by atoms with E-state index in [1.54, 1.807) is 5.57 Å². The molecule has 0 aromatic carbocycles. The highest BCUT2D eigenvalue weighted by atomic mass is 16.3. The molecule has 0 radical (unpaired) electrons. The van der Waals surface area contributed by atoms with Crippen molar-refractivity contribution in [3.8, 4) is 0 Å². The van der Waals surface area contributed by atoms with Gasteiger partial charge in [-0.2, -0.15) is 0 Å². The summed E-state index contributed by atoms with van der Waals surface area (Å²) in [7, 11) is 0. The average Bonchev–Trinajstić information content (AvgIpc) is 2.99. The summed E-state index contributed by atoms with van der Waals surface area (Å²) in [6.45, 7) is 8.68. The minimum Gasteiger partial charge on any atom is -0.392 e. The monoisotopic (exact) mass is 372 g/mol. The highest BCUT2D eigenvalue weighted by molar-refractivity contribution is 5.29. The molecule has 3 fully saturated rings. The van der Waals surface area contributed by atoms with Crippen molar-refractivity contribution in [3.63, 3.8) is 0 Å². The molecule has 6 atom stereocenters. The van der Waals surface area contributed by atoms with E-state index in [1.807, 2.05) is 6.08 Å². The van der Waals surface area contributed by atoms with E-state index >= 15 is 0 Å². The van der Waals surface area contributed by atoms with Crippen molar-refractivity contribution >= 4 is 0 Å². The van der Waals surface area contributed by atoms with Crippen LogP contribution in [0.4, 0.5) is 0 Å². The van der Waals surface area contributed by atoms with E-state index in [0.717, 1.165) is 12.0 Å². The third-order valence-corrected chi connectivity index (χ3v) is 7.52. The molecule has 0 spiro atoms. The smallest absolute Gasteiger partial charge is 0.0809 e. The molecule has 0 aromatic rings. The predicted octanol–water partition coefficient (Wildman–Crippen LogP) is 4.31. The first-order valence-electron chi connectivity index (χ1n) is 10.6. The minimum absolute atomic E-state index is 0.125. The summed E-state index contributed by atoms with van der Waals surface area (Å²) < 4.78 is 0. The highest BCUT2D eigenvalue weighted by Gasteiger charge is 2.50. The number of fused-ring (bicyclic) bond motifs is 1. The highest BCUT2D eigenvalue weighted by Crippen LogP contribution is 2.59. The maximum absolute atomic E-state index is 10.1. The Labute approximate surface area is 164 Å². The quantitative estimate of drug-likeness (QED) is 0.644. The van der Waals surface area contributed by atoms with Gasteiger partial charge in [0.25, 0.3) is 0 Å². The van der Waals surface area contributed by atoms with E-state index < -0.39 is 12.2 Å². The predicted molar refractivity (Wildman–Crippen MR) is 110 cm³/mol. The van der Waals surface area contributed by atoms with E-state index in [4.69, 9.17) is 5.11 Å². The first-order valence-corrected chi connectivity index (χ1v) is 10.6. The van der Waals surface area contributed by atoms with Crippen molar-refractivity contribution in [2.45, 2.75) is 71.0 Å². The maximum Gasteiger partial charge on any atom is 0.0809 e. The molecular formula is C24H36O3. The van der Waals surface area contributed by atoms with Crippen LogP contribution in [0, 0.1) is 23.2 Å². The number of hydrogen-bond acceptors (Lipinski definition) is 3. The molecule has 0 saturated heterocycles. The number of aliphatic hydroxyl groups is 3. The molecule has 3 aliphatic rings. The molecule has 3 nitrogen and oxygen atoms in total. The van der Waals surface area contributed by atoms with Crippen LogP contribution in [0.15, 0.2) is 47.6 Å². The summed E-state index contributed by atoms with van der Waals surface area (Å²) >= 11 is 0. The van der Waals surface area contributed by atoms with E-state index in [-0.39, 0.29) is 6.61 Å². The second-order valence-corrected chi connectivity index (χ2v) is 9.15. The zero-order valence-electron chi connectivity index (χ0n) is 16.9. The molecule has 3 N–H and O–H groups in total. The van der Waals surface area contributed by atoms with Gasteiger partial charge < -0.3 is 15.3 Å². The van der Waals surface area contributed by atoms with E-state index in [1.165, 1.54) is 25.7 Å². The van der Waals surface area contributed by atoms with Crippen molar-refractivity contribution in [2.24, 2.45) is 23.2 Å². The Hall–Kier alpha value is -1.16. The van der Waals surface area contributed by atoms with Gasteiger partial charge in [0.05, 0.1) is 18.8 Å². The molecule has 3 rings (SSSR count). The second-order valence-electron chi connectivity index (χ2n) is 9.15. The fourth-order valence-electron chi connectivity index (χ4n) is 5.98. The maximum atomic E-state index is 10.1. The molecule has 0 unspecified atom stereocenters. The van der Waals surface area contributed by atoms with Crippen LogP contribution in [0.25, 0.3) is 0 Å². The topological polar surface area (TPSA) is 60.7 Å². The number of hydrogen-bond donors (Lipinski definition) is 3. The van der Waals surface area contributed by atoms with Gasteiger partial charge in [0.15, 0.2) is 0 Å². The molecule has 3 saturated carbocycles. The summed E-state index contributed by atoms with van der Waals surface area (Å²) in [5.74, 6) is 1.80. The van der Waals surface area contributed by atoms with Crippen LogP contribution >= 0.6 is 0 Å². The van der Waals surface area contributed by atoms with Gasteiger partial charge in [-0.1, -0.05) is 55.9 Å². The third-order valence-electron chi connectivity index (χ3n) is 7.52. The van der Waals surface area contributed by atoms with Gasteiger partial charge >= 0.3 is 0 Å². The molecule has 0 aromatic heterocycles. The van der Waals surface area contributed by atoms with E-state index in [2.05, 4.69) is 38.7 Å². The molecule has 150 valence electrons. The van der Waals surface area contributed by atoms with Gasteiger partial charge in [0.1, 0.15) is 0 Å². The summed E-state index contributed by atoms with van der Waals surface area (Å²) in [4.78, 5) is 0. The third kappa shape index (κ3) is 4.16. The average molecular weight is 373 g/mol. The van der Waals surface area contributed by atoms with Crippen LogP contribution in [0.2, 0.25) is 0 Å². The zero-order chi connectivity index (χ0) is 19.6. The van der Waals surface area contributed by atoms with Crippen LogP contribution in [0.1, 0.15) is 58.8 Å². The van der Waals surface area contributed by atoms with Gasteiger partial charge in [0, 0.05) is 0 Å². The fourth-order valence-corrected chi connectivity index (χ4v) is 5.98. The summed E-state index contributed by atoms with van der Waals surface area (Å²) in [6.07, 6.45) is 14.6. The summed E-state index contributed by atoms with van der Waals surface area (Å²) in [5, 5.41) is 29.2. The first-order chi connectivity index (χ1) is 12.9. The van der Waals surface area contributed by atoms with Gasteiger partial charge in [-0.15, -0.1) is 0 Å². The first kappa shape index (κ1) is 20.6. The molecule has 0 amide bonds. The Bertz CT molecular complexity index is 628. The van der Waals surface area contributed by atoms with Gasteiger partial charge in [-0.25, -0.2) is 0 Å². The Morgan fingerprint density at radius 2 is 1.89 bits per heavy atom. The molecule has 0 heterocycles. The van der Waals surface area contributed by atoms with Crippen molar-refractivity contribution in [1.29, 1.82) is 0 Å².